The van der Waals surface area contributed by atoms with Gasteiger partial charge in [0.25, 0.3) is 0 Å². The maximum atomic E-state index is 12.5. The number of aryl methyl sites for hydroxylation is 1. The van der Waals surface area contributed by atoms with E-state index in [2.05, 4.69) is 0 Å². The molecule has 0 bridgehead atoms. The fraction of sp³-hybridized carbons (Fsp3) is 0.579. The van der Waals surface area contributed by atoms with Gasteiger partial charge >= 0.3 is 6.09 Å². The smallest absolute Gasteiger partial charge is 0.410 e. The standard InChI is InChI=1S/C19H24ClNO3/c1-12-9-13-14(10-15(12)20)19(11-16(13)22)5-7-21(8-6-19)17(23)24-18(2,3)4/h9-10H,5-8,11H2,1-4H3. The maximum Gasteiger partial charge on any atom is 0.410 e. The van der Waals surface area contributed by atoms with Crippen LogP contribution in [0.15, 0.2) is 12.1 Å². The van der Waals surface area contributed by atoms with Crippen molar-refractivity contribution in [2.75, 3.05) is 13.1 Å². The Morgan fingerprint density at radius 1 is 1.25 bits per heavy atom. The molecule has 4 nitrogen and oxygen atoms in total. The number of hydrogen-bond donors (Lipinski definition) is 0. The molecule has 5 heteroatoms. The zero-order valence-corrected chi connectivity index (χ0v) is 15.5. The topological polar surface area (TPSA) is 46.6 Å². The lowest BCUT2D eigenvalue weighted by atomic mass is 9.74. The minimum atomic E-state index is -0.493. The van der Waals surface area contributed by atoms with Gasteiger partial charge in [0.05, 0.1) is 0 Å². The van der Waals surface area contributed by atoms with Crippen molar-refractivity contribution in [1.82, 2.24) is 4.90 Å². The number of carbonyl (C=O) groups is 2. The van der Waals surface area contributed by atoms with Gasteiger partial charge in [-0.05, 0) is 63.8 Å². The fourth-order valence-corrected chi connectivity index (χ4v) is 3.90. The first-order valence-corrected chi connectivity index (χ1v) is 8.81. The number of halogens is 1. The maximum absolute atomic E-state index is 12.5. The van der Waals surface area contributed by atoms with E-state index in [0.29, 0.717) is 24.5 Å². The third kappa shape index (κ3) is 3.04. The van der Waals surface area contributed by atoms with E-state index in [1.54, 1.807) is 4.90 Å². The van der Waals surface area contributed by atoms with Gasteiger partial charge in [0, 0.05) is 35.5 Å². The molecule has 3 rings (SSSR count). The molecule has 1 aliphatic carbocycles. The number of likely N-dealkylation sites (tertiary alicyclic amines) is 1. The highest BCUT2D eigenvalue weighted by atomic mass is 35.5. The third-order valence-corrected chi connectivity index (χ3v) is 5.45. The molecule has 0 radical (unpaired) electrons. The molecule has 0 N–H and O–H groups in total. The lowest BCUT2D eigenvalue weighted by Gasteiger charge is -2.40. The molecule has 1 saturated heterocycles. The molecule has 24 heavy (non-hydrogen) atoms. The van der Waals surface area contributed by atoms with Crippen LogP contribution < -0.4 is 0 Å². The van der Waals surface area contributed by atoms with Crippen LogP contribution in [0.3, 0.4) is 0 Å². The summed E-state index contributed by atoms with van der Waals surface area (Å²) in [5.74, 6) is 0.190. The van der Waals surface area contributed by atoms with E-state index in [4.69, 9.17) is 16.3 Å². The Bertz CT molecular complexity index is 697. The highest BCUT2D eigenvalue weighted by Crippen LogP contribution is 2.47. The summed E-state index contributed by atoms with van der Waals surface area (Å²) in [6.07, 6.45) is 1.78. The van der Waals surface area contributed by atoms with Crippen molar-refractivity contribution < 1.29 is 14.3 Å². The monoisotopic (exact) mass is 349 g/mol. The van der Waals surface area contributed by atoms with E-state index >= 15 is 0 Å². The van der Waals surface area contributed by atoms with Crippen LogP contribution >= 0.6 is 11.6 Å². The predicted octanol–water partition coefficient (Wildman–Crippen LogP) is 4.50. The van der Waals surface area contributed by atoms with Crippen molar-refractivity contribution in [2.45, 2.75) is 58.0 Å². The average Bonchev–Trinajstić information content (AvgIpc) is 2.71. The lowest BCUT2D eigenvalue weighted by molar-refractivity contribution is 0.0166. The minimum Gasteiger partial charge on any atom is -0.444 e. The Labute approximate surface area is 148 Å². The molecule has 1 aromatic rings. The number of amides is 1. The van der Waals surface area contributed by atoms with E-state index in [9.17, 15) is 9.59 Å². The quantitative estimate of drug-likeness (QED) is 0.692. The normalized spacial score (nSPS) is 19.5. The Morgan fingerprint density at radius 3 is 2.46 bits per heavy atom. The van der Waals surface area contributed by atoms with Gasteiger partial charge in [-0.2, -0.15) is 0 Å². The number of carbonyl (C=O) groups excluding carboxylic acids is 2. The van der Waals surface area contributed by atoms with E-state index in [1.165, 1.54) is 0 Å². The largest absolute Gasteiger partial charge is 0.444 e. The van der Waals surface area contributed by atoms with Crippen LogP contribution in [0.2, 0.25) is 5.02 Å². The van der Waals surface area contributed by atoms with Gasteiger partial charge in [-0.3, -0.25) is 4.79 Å². The van der Waals surface area contributed by atoms with Crippen molar-refractivity contribution in [3.05, 3.63) is 33.8 Å². The molecule has 1 aliphatic heterocycles. The number of hydrogen-bond acceptors (Lipinski definition) is 3. The van der Waals surface area contributed by atoms with E-state index in [1.807, 2.05) is 39.8 Å². The van der Waals surface area contributed by atoms with Gasteiger partial charge in [0.15, 0.2) is 5.78 Å². The Balaban J connectivity index is 1.79. The van der Waals surface area contributed by atoms with Gasteiger partial charge < -0.3 is 9.64 Å². The molecule has 1 fully saturated rings. The van der Waals surface area contributed by atoms with Crippen LogP contribution in [-0.2, 0) is 10.2 Å². The summed E-state index contributed by atoms with van der Waals surface area (Å²) in [4.78, 5) is 26.4. The third-order valence-electron chi connectivity index (χ3n) is 5.04. The minimum absolute atomic E-state index is 0.178. The second-order valence-electron chi connectivity index (χ2n) is 7.99. The van der Waals surface area contributed by atoms with Crippen molar-refractivity contribution in [3.8, 4) is 0 Å². The molecular weight excluding hydrogens is 326 g/mol. The predicted molar refractivity (Wildman–Crippen MR) is 93.9 cm³/mol. The summed E-state index contributed by atoms with van der Waals surface area (Å²) in [7, 11) is 0. The molecule has 1 amide bonds. The highest BCUT2D eigenvalue weighted by molar-refractivity contribution is 6.31. The lowest BCUT2D eigenvalue weighted by Crippen LogP contribution is -2.46. The molecule has 0 unspecified atom stereocenters. The first kappa shape index (κ1) is 17.3. The van der Waals surface area contributed by atoms with Gasteiger partial charge in [-0.15, -0.1) is 0 Å². The van der Waals surface area contributed by atoms with Crippen molar-refractivity contribution >= 4 is 23.5 Å². The molecule has 0 atom stereocenters. The Morgan fingerprint density at radius 2 is 1.88 bits per heavy atom. The number of Topliss-reactive ketones (excluding diaryl/α,β-unsaturated/α-hetero) is 1. The van der Waals surface area contributed by atoms with E-state index in [0.717, 1.165) is 29.5 Å². The summed E-state index contributed by atoms with van der Waals surface area (Å²) in [5.41, 5.74) is 2.14. The molecule has 0 saturated carbocycles. The second kappa shape index (κ2) is 5.76. The molecule has 0 aromatic heterocycles. The zero-order valence-electron chi connectivity index (χ0n) is 14.7. The second-order valence-corrected chi connectivity index (χ2v) is 8.40. The molecule has 130 valence electrons. The number of piperidine rings is 1. The van der Waals surface area contributed by atoms with Gasteiger partial charge in [-0.1, -0.05) is 11.6 Å². The van der Waals surface area contributed by atoms with Crippen LogP contribution in [0.4, 0.5) is 4.79 Å². The SMILES string of the molecule is Cc1cc2c(cc1Cl)C1(CCN(C(=O)OC(C)(C)C)CC1)CC2=O. The molecule has 1 aromatic carbocycles. The molecule has 1 heterocycles. The van der Waals surface area contributed by atoms with Crippen LogP contribution in [0.5, 0.6) is 0 Å². The number of benzene rings is 1. The van der Waals surface area contributed by atoms with Crippen LogP contribution in [0.1, 0.15) is 61.5 Å². The van der Waals surface area contributed by atoms with Crippen molar-refractivity contribution in [2.24, 2.45) is 0 Å². The van der Waals surface area contributed by atoms with Gasteiger partial charge in [0.2, 0.25) is 0 Å². The number of ketones is 1. The number of fused-ring (bicyclic) bond motifs is 2. The Hall–Kier alpha value is -1.55. The van der Waals surface area contributed by atoms with Gasteiger partial charge in [0.1, 0.15) is 5.60 Å². The van der Waals surface area contributed by atoms with E-state index in [-0.39, 0.29) is 17.3 Å². The molecular formula is C19H24ClNO3. The number of rotatable bonds is 0. The summed E-state index contributed by atoms with van der Waals surface area (Å²) in [5, 5.41) is 0.706. The summed E-state index contributed by atoms with van der Waals surface area (Å²) in [6, 6.07) is 3.87. The summed E-state index contributed by atoms with van der Waals surface area (Å²) < 4.78 is 5.45. The van der Waals surface area contributed by atoms with Crippen LogP contribution in [0.25, 0.3) is 0 Å². The van der Waals surface area contributed by atoms with Crippen molar-refractivity contribution in [3.63, 3.8) is 0 Å². The van der Waals surface area contributed by atoms with Crippen LogP contribution in [0, 0.1) is 6.92 Å². The molecule has 2 aliphatic rings. The van der Waals surface area contributed by atoms with Gasteiger partial charge in [-0.25, -0.2) is 4.79 Å². The van der Waals surface area contributed by atoms with Crippen molar-refractivity contribution in [1.29, 1.82) is 0 Å². The highest BCUT2D eigenvalue weighted by Gasteiger charge is 2.46. The average molecular weight is 350 g/mol. The number of nitrogens with zero attached hydrogens (tertiary/aromatic N) is 1. The summed E-state index contributed by atoms with van der Waals surface area (Å²) in [6.45, 7) is 8.73. The summed E-state index contributed by atoms with van der Waals surface area (Å²) >= 11 is 6.30. The fourth-order valence-electron chi connectivity index (χ4n) is 3.74. The first-order chi connectivity index (χ1) is 11.1. The zero-order chi connectivity index (χ0) is 17.7. The van der Waals surface area contributed by atoms with E-state index < -0.39 is 5.60 Å². The number of ether oxygens (including phenoxy) is 1. The first-order valence-electron chi connectivity index (χ1n) is 8.43. The van der Waals surface area contributed by atoms with Crippen LogP contribution in [-0.4, -0.2) is 35.5 Å². The Kier molecular flexibility index (Phi) is 4.15. The molecule has 1 spiro atoms.